The SMILES string of the molecule is CCC(=N)N1CCC(N2CCCCC2)C1. The number of piperidine rings is 1. The molecule has 0 bridgehead atoms. The van der Waals surface area contributed by atoms with E-state index in [2.05, 4.69) is 16.7 Å². The summed E-state index contributed by atoms with van der Waals surface area (Å²) in [6.07, 6.45) is 6.32. The van der Waals surface area contributed by atoms with Crippen molar-refractivity contribution in [2.75, 3.05) is 26.2 Å². The molecule has 2 aliphatic heterocycles. The second-order valence-electron chi connectivity index (χ2n) is 4.79. The molecule has 0 aromatic rings. The summed E-state index contributed by atoms with van der Waals surface area (Å²) < 4.78 is 0. The highest BCUT2D eigenvalue weighted by Gasteiger charge is 2.28. The monoisotopic (exact) mass is 209 g/mol. The van der Waals surface area contributed by atoms with Crippen LogP contribution in [0.25, 0.3) is 0 Å². The average Bonchev–Trinajstić information content (AvgIpc) is 2.78. The molecule has 0 amide bonds. The summed E-state index contributed by atoms with van der Waals surface area (Å²) >= 11 is 0. The van der Waals surface area contributed by atoms with Crippen LogP contribution in [0, 0.1) is 5.41 Å². The molecule has 15 heavy (non-hydrogen) atoms. The Balaban J connectivity index is 1.83. The Hall–Kier alpha value is -0.570. The quantitative estimate of drug-likeness (QED) is 0.556. The van der Waals surface area contributed by atoms with Crippen LogP contribution in [0.2, 0.25) is 0 Å². The molecule has 1 N–H and O–H groups in total. The Bertz CT molecular complexity index is 221. The highest BCUT2D eigenvalue weighted by Crippen LogP contribution is 2.20. The van der Waals surface area contributed by atoms with Gasteiger partial charge in [0.25, 0.3) is 0 Å². The number of amidine groups is 1. The van der Waals surface area contributed by atoms with Crippen molar-refractivity contribution in [3.05, 3.63) is 0 Å². The van der Waals surface area contributed by atoms with Gasteiger partial charge in [0, 0.05) is 25.6 Å². The third-order valence-electron chi connectivity index (χ3n) is 3.79. The zero-order valence-corrected chi connectivity index (χ0v) is 9.84. The number of rotatable bonds is 2. The van der Waals surface area contributed by atoms with E-state index in [-0.39, 0.29) is 0 Å². The van der Waals surface area contributed by atoms with E-state index in [4.69, 9.17) is 5.41 Å². The van der Waals surface area contributed by atoms with E-state index in [1.165, 1.54) is 38.8 Å². The number of nitrogens with zero attached hydrogens (tertiary/aromatic N) is 2. The molecule has 0 radical (unpaired) electrons. The lowest BCUT2D eigenvalue weighted by Gasteiger charge is -2.32. The lowest BCUT2D eigenvalue weighted by molar-refractivity contribution is 0.169. The second-order valence-corrected chi connectivity index (χ2v) is 4.79. The first-order valence-corrected chi connectivity index (χ1v) is 6.37. The molecule has 1 atom stereocenters. The molecule has 3 heteroatoms. The molecule has 0 aromatic carbocycles. The van der Waals surface area contributed by atoms with Gasteiger partial charge in [0.1, 0.15) is 0 Å². The highest BCUT2D eigenvalue weighted by atomic mass is 15.3. The minimum absolute atomic E-state index is 0.734. The predicted molar refractivity (Wildman–Crippen MR) is 63.4 cm³/mol. The van der Waals surface area contributed by atoms with Crippen LogP contribution in [0.4, 0.5) is 0 Å². The molecule has 0 aliphatic carbocycles. The van der Waals surface area contributed by atoms with Crippen molar-refractivity contribution < 1.29 is 0 Å². The number of nitrogens with one attached hydrogen (secondary N) is 1. The van der Waals surface area contributed by atoms with Gasteiger partial charge in [-0.1, -0.05) is 13.3 Å². The van der Waals surface area contributed by atoms with Crippen LogP contribution >= 0.6 is 0 Å². The Morgan fingerprint density at radius 2 is 1.93 bits per heavy atom. The Morgan fingerprint density at radius 1 is 1.20 bits per heavy atom. The van der Waals surface area contributed by atoms with Crippen molar-refractivity contribution >= 4 is 5.84 Å². The average molecular weight is 209 g/mol. The van der Waals surface area contributed by atoms with Crippen molar-refractivity contribution in [3.63, 3.8) is 0 Å². The molecule has 2 fully saturated rings. The normalized spacial score (nSPS) is 28.3. The summed E-state index contributed by atoms with van der Waals surface area (Å²) in [5.41, 5.74) is 0. The van der Waals surface area contributed by atoms with Crippen LogP contribution in [0.5, 0.6) is 0 Å². The highest BCUT2D eigenvalue weighted by molar-refractivity contribution is 5.79. The van der Waals surface area contributed by atoms with E-state index < -0.39 is 0 Å². The van der Waals surface area contributed by atoms with Crippen LogP contribution in [0.15, 0.2) is 0 Å². The molecule has 0 saturated carbocycles. The lowest BCUT2D eigenvalue weighted by Crippen LogP contribution is -2.41. The molecule has 2 aliphatic rings. The Labute approximate surface area is 92.9 Å². The molecule has 0 aromatic heterocycles. The van der Waals surface area contributed by atoms with Crippen molar-refractivity contribution in [2.45, 2.75) is 45.1 Å². The smallest absolute Gasteiger partial charge is 0.0955 e. The molecule has 86 valence electrons. The fourth-order valence-electron chi connectivity index (χ4n) is 2.79. The van der Waals surface area contributed by atoms with E-state index in [9.17, 15) is 0 Å². The van der Waals surface area contributed by atoms with Crippen molar-refractivity contribution in [2.24, 2.45) is 0 Å². The maximum atomic E-state index is 7.85. The van der Waals surface area contributed by atoms with Crippen LogP contribution < -0.4 is 0 Å². The number of hydrogen-bond donors (Lipinski definition) is 1. The van der Waals surface area contributed by atoms with Gasteiger partial charge in [-0.05, 0) is 32.4 Å². The van der Waals surface area contributed by atoms with Crippen molar-refractivity contribution in [1.82, 2.24) is 9.80 Å². The fraction of sp³-hybridized carbons (Fsp3) is 0.917. The first kappa shape index (κ1) is 10.9. The third kappa shape index (κ3) is 2.51. The van der Waals surface area contributed by atoms with Gasteiger partial charge >= 0.3 is 0 Å². The topological polar surface area (TPSA) is 30.3 Å². The molecule has 2 saturated heterocycles. The Kier molecular flexibility index (Phi) is 3.62. The van der Waals surface area contributed by atoms with Crippen molar-refractivity contribution in [3.8, 4) is 0 Å². The van der Waals surface area contributed by atoms with Crippen molar-refractivity contribution in [1.29, 1.82) is 5.41 Å². The van der Waals surface area contributed by atoms with Gasteiger partial charge in [-0.25, -0.2) is 0 Å². The van der Waals surface area contributed by atoms with Crippen LogP contribution in [-0.4, -0.2) is 47.9 Å². The van der Waals surface area contributed by atoms with Crippen LogP contribution in [-0.2, 0) is 0 Å². The van der Waals surface area contributed by atoms with E-state index in [0.29, 0.717) is 0 Å². The van der Waals surface area contributed by atoms with Crippen LogP contribution in [0.1, 0.15) is 39.0 Å². The summed E-state index contributed by atoms with van der Waals surface area (Å²) in [5, 5.41) is 7.85. The molecule has 3 nitrogen and oxygen atoms in total. The maximum absolute atomic E-state index is 7.85. The molecule has 1 unspecified atom stereocenters. The molecule has 2 rings (SSSR count). The summed E-state index contributed by atoms with van der Waals surface area (Å²) in [5.74, 6) is 0.828. The standard InChI is InChI=1S/C12H23N3/c1-2-12(13)15-9-6-11(10-15)14-7-4-3-5-8-14/h11,13H,2-10H2,1H3. The number of likely N-dealkylation sites (tertiary alicyclic amines) is 2. The van der Waals surface area contributed by atoms with Crippen LogP contribution in [0.3, 0.4) is 0 Å². The first-order valence-electron chi connectivity index (χ1n) is 6.37. The van der Waals surface area contributed by atoms with E-state index >= 15 is 0 Å². The van der Waals surface area contributed by atoms with Gasteiger partial charge in [0.15, 0.2) is 0 Å². The van der Waals surface area contributed by atoms with Gasteiger partial charge in [-0.2, -0.15) is 0 Å². The third-order valence-corrected chi connectivity index (χ3v) is 3.79. The molecule has 0 spiro atoms. The van der Waals surface area contributed by atoms with Gasteiger partial charge in [0.2, 0.25) is 0 Å². The van der Waals surface area contributed by atoms with Gasteiger partial charge in [0.05, 0.1) is 5.84 Å². The zero-order valence-electron chi connectivity index (χ0n) is 9.84. The van der Waals surface area contributed by atoms with Gasteiger partial charge in [-0.3, -0.25) is 10.3 Å². The largest absolute Gasteiger partial charge is 0.359 e. The molecular weight excluding hydrogens is 186 g/mol. The summed E-state index contributed by atoms with van der Waals surface area (Å²) in [6.45, 7) is 6.87. The zero-order chi connectivity index (χ0) is 10.7. The molecule has 2 heterocycles. The minimum atomic E-state index is 0.734. The lowest BCUT2D eigenvalue weighted by atomic mass is 10.1. The predicted octanol–water partition coefficient (Wildman–Crippen LogP) is 1.93. The van der Waals surface area contributed by atoms with Gasteiger partial charge in [-0.15, -0.1) is 0 Å². The molecular formula is C12H23N3. The van der Waals surface area contributed by atoms with Gasteiger partial charge < -0.3 is 4.90 Å². The Morgan fingerprint density at radius 3 is 2.60 bits per heavy atom. The summed E-state index contributed by atoms with van der Waals surface area (Å²) in [7, 11) is 0. The van der Waals surface area contributed by atoms with E-state index in [0.717, 1.165) is 31.4 Å². The second kappa shape index (κ2) is 4.97. The minimum Gasteiger partial charge on any atom is -0.359 e. The van der Waals surface area contributed by atoms with E-state index in [1.54, 1.807) is 0 Å². The van der Waals surface area contributed by atoms with E-state index in [1.807, 2.05) is 0 Å². The first-order chi connectivity index (χ1) is 7.31. The summed E-state index contributed by atoms with van der Waals surface area (Å²) in [4.78, 5) is 4.91. The maximum Gasteiger partial charge on any atom is 0.0955 e. The fourth-order valence-corrected chi connectivity index (χ4v) is 2.79. The summed E-state index contributed by atoms with van der Waals surface area (Å²) in [6, 6.07) is 0.734. The number of hydrogen-bond acceptors (Lipinski definition) is 2.